The Morgan fingerprint density at radius 3 is 1.74 bits per heavy atom. The van der Waals surface area contributed by atoms with Crippen molar-refractivity contribution >= 4 is 73.8 Å². The molecule has 31 heavy (non-hydrogen) atoms. The van der Waals surface area contributed by atoms with Crippen LogP contribution in [0.5, 0.6) is 11.5 Å². The van der Waals surface area contributed by atoms with Gasteiger partial charge < -0.3 is 10.2 Å². The summed E-state index contributed by atoms with van der Waals surface area (Å²) in [6, 6.07) is 9.54. The van der Waals surface area contributed by atoms with E-state index in [1.165, 1.54) is 6.07 Å². The van der Waals surface area contributed by atoms with Crippen LogP contribution in [-0.2, 0) is 19.9 Å². The van der Waals surface area contributed by atoms with Gasteiger partial charge in [0.2, 0.25) is 0 Å². The maximum atomic E-state index is 13.1. The van der Waals surface area contributed by atoms with Crippen LogP contribution in [0, 0.1) is 13.8 Å². The molecule has 1 aliphatic rings. The van der Waals surface area contributed by atoms with Crippen molar-refractivity contribution in [3.63, 3.8) is 0 Å². The minimum absolute atomic E-state index is 0.0329. The summed E-state index contributed by atoms with van der Waals surface area (Å²) in [6.07, 6.45) is 0. The molecule has 1 heterocycles. The van der Waals surface area contributed by atoms with Crippen LogP contribution in [0.15, 0.2) is 59.2 Å². The first-order chi connectivity index (χ1) is 14.4. The van der Waals surface area contributed by atoms with E-state index in [0.29, 0.717) is 17.9 Å². The molecular formula is C21H14Br4O5S. The van der Waals surface area contributed by atoms with Crippen molar-refractivity contribution in [1.29, 1.82) is 0 Å². The van der Waals surface area contributed by atoms with Gasteiger partial charge in [0, 0.05) is 25.6 Å². The first-order valence-corrected chi connectivity index (χ1v) is 13.4. The number of hydrogen-bond donors (Lipinski definition) is 2. The van der Waals surface area contributed by atoms with Crippen molar-refractivity contribution in [3.8, 4) is 11.5 Å². The van der Waals surface area contributed by atoms with Gasteiger partial charge in [0.1, 0.15) is 16.4 Å². The summed E-state index contributed by atoms with van der Waals surface area (Å²) in [5, 5.41) is 22.2. The Morgan fingerprint density at radius 1 is 0.806 bits per heavy atom. The Labute approximate surface area is 213 Å². The van der Waals surface area contributed by atoms with E-state index in [-0.39, 0.29) is 33.1 Å². The molecule has 0 radical (unpaired) electrons. The molecule has 10 heteroatoms. The Kier molecular flexibility index (Phi) is 5.89. The molecule has 0 spiro atoms. The fourth-order valence-electron chi connectivity index (χ4n) is 3.70. The molecule has 0 atom stereocenters. The zero-order chi connectivity index (χ0) is 22.9. The lowest BCUT2D eigenvalue weighted by Gasteiger charge is -2.32. The molecule has 1 aliphatic heterocycles. The Balaban J connectivity index is 2.26. The van der Waals surface area contributed by atoms with Gasteiger partial charge in [-0.2, -0.15) is 8.42 Å². The average Bonchev–Trinajstić information content (AvgIpc) is 2.98. The third-order valence-electron chi connectivity index (χ3n) is 5.37. The van der Waals surface area contributed by atoms with Gasteiger partial charge in [-0.05, 0) is 75.0 Å². The fraction of sp³-hybridized carbons (Fsp3) is 0.143. The predicted octanol–water partition coefficient (Wildman–Crippen LogP) is 6.78. The van der Waals surface area contributed by atoms with Crippen LogP contribution in [-0.4, -0.2) is 18.6 Å². The molecule has 0 fully saturated rings. The second-order valence-corrected chi connectivity index (χ2v) is 11.9. The third-order valence-corrected chi connectivity index (χ3v) is 10.3. The zero-order valence-electron chi connectivity index (χ0n) is 16.0. The van der Waals surface area contributed by atoms with Crippen LogP contribution < -0.4 is 0 Å². The van der Waals surface area contributed by atoms with Crippen molar-refractivity contribution < 1.29 is 22.8 Å². The molecular weight excluding hydrogens is 684 g/mol. The lowest BCUT2D eigenvalue weighted by atomic mass is 9.79. The maximum absolute atomic E-state index is 13.1. The SMILES string of the molecule is Cc1c(Br)cc(C2(c3cc(Br)c(C)c(Br)c3O)OS(=O)(=O)c3ccccc32)c(O)c1Br. The highest BCUT2D eigenvalue weighted by molar-refractivity contribution is 9.11. The van der Waals surface area contributed by atoms with Crippen LogP contribution in [0.25, 0.3) is 0 Å². The van der Waals surface area contributed by atoms with Gasteiger partial charge in [0.25, 0.3) is 10.1 Å². The number of rotatable bonds is 2. The van der Waals surface area contributed by atoms with Crippen LogP contribution >= 0.6 is 63.7 Å². The largest absolute Gasteiger partial charge is 0.506 e. The minimum atomic E-state index is -4.20. The van der Waals surface area contributed by atoms with Crippen molar-refractivity contribution in [2.45, 2.75) is 24.3 Å². The number of halogens is 4. The highest BCUT2D eigenvalue weighted by Gasteiger charge is 2.54. The molecule has 0 aliphatic carbocycles. The fourth-order valence-corrected chi connectivity index (χ4v) is 7.35. The first-order valence-electron chi connectivity index (χ1n) is 8.84. The van der Waals surface area contributed by atoms with E-state index in [1.54, 1.807) is 44.2 Å². The first kappa shape index (κ1) is 23.3. The van der Waals surface area contributed by atoms with Crippen molar-refractivity contribution in [2.75, 3.05) is 0 Å². The quantitative estimate of drug-likeness (QED) is 0.289. The van der Waals surface area contributed by atoms with Crippen LogP contribution in [0.1, 0.15) is 27.8 Å². The third kappa shape index (κ3) is 3.33. The maximum Gasteiger partial charge on any atom is 0.298 e. The van der Waals surface area contributed by atoms with Gasteiger partial charge in [0.05, 0.1) is 8.95 Å². The van der Waals surface area contributed by atoms with Crippen LogP contribution in [0.2, 0.25) is 0 Å². The molecule has 3 aromatic carbocycles. The summed E-state index contributed by atoms with van der Waals surface area (Å²) in [4.78, 5) is -0.0329. The molecule has 3 aromatic rings. The molecule has 4 rings (SSSR count). The summed E-state index contributed by atoms with van der Waals surface area (Å²) in [5.74, 6) is -0.389. The molecule has 162 valence electrons. The summed E-state index contributed by atoms with van der Waals surface area (Å²) < 4.78 is 34.0. The topological polar surface area (TPSA) is 83.8 Å². The van der Waals surface area contributed by atoms with Crippen LogP contribution in [0.4, 0.5) is 0 Å². The number of phenols is 2. The van der Waals surface area contributed by atoms with E-state index in [2.05, 4.69) is 63.7 Å². The lowest BCUT2D eigenvalue weighted by molar-refractivity contribution is 0.171. The zero-order valence-corrected chi connectivity index (χ0v) is 23.2. The second-order valence-electron chi connectivity index (χ2n) is 7.10. The van der Waals surface area contributed by atoms with E-state index in [1.807, 2.05) is 0 Å². The van der Waals surface area contributed by atoms with Gasteiger partial charge in [-0.1, -0.05) is 50.1 Å². The summed E-state index contributed by atoms with van der Waals surface area (Å²) in [6.45, 7) is 3.59. The number of aromatic hydroxyl groups is 2. The standard InChI is InChI=1S/C21H14Br4O5S/c1-9-14(22)7-12(19(26)17(9)24)21(13-8-15(23)10(2)18(25)20(13)27)11-5-3-4-6-16(11)31(28,29)30-21/h3-8,26-27H,1-2H3. The predicted molar refractivity (Wildman–Crippen MR) is 131 cm³/mol. The molecule has 2 N–H and O–H groups in total. The second kappa shape index (κ2) is 7.85. The summed E-state index contributed by atoms with van der Waals surface area (Å²) >= 11 is 13.7. The van der Waals surface area contributed by atoms with Gasteiger partial charge >= 0.3 is 0 Å². The van der Waals surface area contributed by atoms with Gasteiger partial charge in [-0.25, -0.2) is 4.18 Å². The van der Waals surface area contributed by atoms with E-state index in [4.69, 9.17) is 4.18 Å². The molecule has 0 amide bonds. The van der Waals surface area contributed by atoms with E-state index < -0.39 is 15.7 Å². The normalized spacial score (nSPS) is 16.3. The monoisotopic (exact) mass is 694 g/mol. The molecule has 0 bridgehead atoms. The van der Waals surface area contributed by atoms with Crippen molar-refractivity contribution in [1.82, 2.24) is 0 Å². The molecule has 0 saturated carbocycles. The van der Waals surface area contributed by atoms with Crippen LogP contribution in [0.3, 0.4) is 0 Å². The molecule has 0 unspecified atom stereocenters. The van der Waals surface area contributed by atoms with Gasteiger partial charge in [-0.3, -0.25) is 0 Å². The van der Waals surface area contributed by atoms with Crippen molar-refractivity contribution in [3.05, 3.63) is 82.1 Å². The summed E-state index contributed by atoms with van der Waals surface area (Å²) in [7, 11) is -4.20. The minimum Gasteiger partial charge on any atom is -0.506 e. The number of phenolic OH excluding ortho intramolecular Hbond substituents is 2. The Morgan fingerprint density at radius 2 is 1.26 bits per heavy atom. The Hall–Kier alpha value is -0.910. The highest BCUT2D eigenvalue weighted by Crippen LogP contribution is 2.57. The smallest absolute Gasteiger partial charge is 0.298 e. The lowest BCUT2D eigenvalue weighted by Crippen LogP contribution is -2.30. The number of fused-ring (bicyclic) bond motifs is 1. The van der Waals surface area contributed by atoms with E-state index in [9.17, 15) is 18.6 Å². The Bertz CT molecular complexity index is 1310. The average molecular weight is 698 g/mol. The molecule has 0 aromatic heterocycles. The van der Waals surface area contributed by atoms with Gasteiger partial charge in [0.15, 0.2) is 5.60 Å². The number of hydrogen-bond acceptors (Lipinski definition) is 5. The highest BCUT2D eigenvalue weighted by atomic mass is 79.9. The summed E-state index contributed by atoms with van der Waals surface area (Å²) in [5.41, 5.74) is 0.209. The van der Waals surface area contributed by atoms with E-state index in [0.717, 1.165) is 11.1 Å². The van der Waals surface area contributed by atoms with E-state index >= 15 is 0 Å². The van der Waals surface area contributed by atoms with Gasteiger partial charge in [-0.15, -0.1) is 0 Å². The molecule has 5 nitrogen and oxygen atoms in total. The number of benzene rings is 3. The molecule has 0 saturated heterocycles. The van der Waals surface area contributed by atoms with Crippen molar-refractivity contribution in [2.24, 2.45) is 0 Å².